The minimum absolute atomic E-state index is 0.00540. The maximum Gasteiger partial charge on any atom is 0.411 e. The fourth-order valence-electron chi connectivity index (χ4n) is 3.75. The number of carbonyl (C=O) groups excluding carboxylic acids is 1. The lowest BCUT2D eigenvalue weighted by Gasteiger charge is -2.44. The fraction of sp³-hybridized carbons (Fsp3) is 0.500. The highest BCUT2D eigenvalue weighted by molar-refractivity contribution is 5.84. The molecule has 4 rings (SSSR count). The topological polar surface area (TPSA) is 56.6 Å². The lowest BCUT2D eigenvalue weighted by Crippen LogP contribution is -2.57. The van der Waals surface area contributed by atoms with Crippen molar-refractivity contribution in [1.29, 1.82) is 0 Å². The summed E-state index contributed by atoms with van der Waals surface area (Å²) >= 11 is 0. The molecule has 2 aliphatic rings. The van der Waals surface area contributed by atoms with E-state index in [-0.39, 0.29) is 18.2 Å². The third-order valence-corrected chi connectivity index (χ3v) is 4.92. The zero-order valence-electron chi connectivity index (χ0n) is 15.7. The molecule has 1 saturated heterocycles. The van der Waals surface area contributed by atoms with Crippen molar-refractivity contribution in [3.05, 3.63) is 36.0 Å². The Morgan fingerprint density at radius 2 is 2.12 bits per heavy atom. The van der Waals surface area contributed by atoms with Crippen molar-refractivity contribution in [2.45, 2.75) is 44.9 Å². The number of aromatic nitrogens is 2. The van der Waals surface area contributed by atoms with Gasteiger partial charge in [-0.1, -0.05) is 18.2 Å². The van der Waals surface area contributed by atoms with Gasteiger partial charge in [0.2, 0.25) is 0 Å². The highest BCUT2D eigenvalue weighted by Crippen LogP contribution is 2.34. The molecule has 1 aromatic carbocycles. The first kappa shape index (κ1) is 17.1. The summed E-state index contributed by atoms with van der Waals surface area (Å²) in [6, 6.07) is 6.33. The number of hydrogen-bond donors (Lipinski definition) is 0. The number of carbonyl (C=O) groups is 1. The summed E-state index contributed by atoms with van der Waals surface area (Å²) in [7, 11) is 1.95. The molecule has 0 saturated carbocycles. The van der Waals surface area contributed by atoms with Gasteiger partial charge in [-0.15, -0.1) is 0 Å². The summed E-state index contributed by atoms with van der Waals surface area (Å²) in [4.78, 5) is 14.5. The quantitative estimate of drug-likeness (QED) is 0.787. The van der Waals surface area contributed by atoms with Crippen LogP contribution in [0, 0.1) is 0 Å². The van der Waals surface area contributed by atoms with E-state index in [2.05, 4.69) is 29.4 Å². The Hall–Kier alpha value is -2.34. The lowest BCUT2D eigenvalue weighted by atomic mass is 9.90. The van der Waals surface area contributed by atoms with Gasteiger partial charge in [0.05, 0.1) is 37.0 Å². The van der Waals surface area contributed by atoms with E-state index in [9.17, 15) is 4.79 Å². The molecule has 0 N–H and O–H groups in total. The Kier molecular flexibility index (Phi) is 4.03. The van der Waals surface area contributed by atoms with Crippen LogP contribution in [-0.4, -0.2) is 51.7 Å². The molecule has 3 heterocycles. The van der Waals surface area contributed by atoms with Crippen molar-refractivity contribution < 1.29 is 14.3 Å². The number of morpholine rings is 1. The van der Waals surface area contributed by atoms with Crippen molar-refractivity contribution in [1.82, 2.24) is 14.7 Å². The second-order valence-corrected chi connectivity index (χ2v) is 8.08. The Morgan fingerprint density at radius 3 is 2.85 bits per heavy atom. The van der Waals surface area contributed by atoms with Gasteiger partial charge in [0.1, 0.15) is 5.60 Å². The van der Waals surface area contributed by atoms with Crippen LogP contribution in [0.5, 0.6) is 0 Å². The van der Waals surface area contributed by atoms with E-state index >= 15 is 0 Å². The molecule has 0 aliphatic carbocycles. The molecule has 138 valence electrons. The normalized spacial score (nSPS) is 23.1. The van der Waals surface area contributed by atoms with Crippen LogP contribution in [0.25, 0.3) is 16.5 Å². The number of fused-ring (bicyclic) bond motifs is 3. The molecule has 2 aliphatic heterocycles. The van der Waals surface area contributed by atoms with Gasteiger partial charge in [-0.2, -0.15) is 5.10 Å². The predicted octanol–water partition coefficient (Wildman–Crippen LogP) is 3.36. The molecule has 1 aromatic heterocycles. The summed E-state index contributed by atoms with van der Waals surface area (Å²) in [5, 5.41) is 5.45. The molecule has 26 heavy (non-hydrogen) atoms. The summed E-state index contributed by atoms with van der Waals surface area (Å²) < 4.78 is 13.2. The minimum Gasteiger partial charge on any atom is -0.444 e. The lowest BCUT2D eigenvalue weighted by molar-refractivity contribution is -0.0510. The number of nitrogens with zero attached hydrogens (tertiary/aromatic N) is 3. The van der Waals surface area contributed by atoms with Crippen molar-refractivity contribution in [2.75, 3.05) is 13.2 Å². The molecule has 2 unspecified atom stereocenters. The standard InChI is InChI=1S/C20H25N3O3/c1-20(2,3)26-19(24)23-16-7-15(8-17(23)12-25-11-16)13-5-6-14-10-21-22(4)18(14)9-13/h5-7,9-10,16-17H,8,11-12H2,1-4H3. The molecule has 1 fully saturated rings. The SMILES string of the molecule is Cn1ncc2ccc(C3=CC4COCC(C3)N4C(=O)OC(C)(C)C)cc21. The van der Waals surface area contributed by atoms with Gasteiger partial charge < -0.3 is 9.47 Å². The van der Waals surface area contributed by atoms with Crippen LogP contribution in [0.3, 0.4) is 0 Å². The number of hydrogen-bond acceptors (Lipinski definition) is 4. The second kappa shape index (κ2) is 6.13. The number of rotatable bonds is 1. The third kappa shape index (κ3) is 3.09. The monoisotopic (exact) mass is 355 g/mol. The van der Waals surface area contributed by atoms with Crippen LogP contribution in [0.15, 0.2) is 30.5 Å². The van der Waals surface area contributed by atoms with Crippen LogP contribution in [-0.2, 0) is 16.5 Å². The molecule has 2 aromatic rings. The Bertz CT molecular complexity index is 878. The molecular weight excluding hydrogens is 330 g/mol. The van der Waals surface area contributed by atoms with E-state index in [1.807, 2.05) is 43.6 Å². The van der Waals surface area contributed by atoms with Gasteiger partial charge in [-0.05, 0) is 44.4 Å². The number of benzene rings is 1. The van der Waals surface area contributed by atoms with Gasteiger partial charge in [-0.3, -0.25) is 9.58 Å². The van der Waals surface area contributed by atoms with Gasteiger partial charge in [0.15, 0.2) is 0 Å². The third-order valence-electron chi connectivity index (χ3n) is 4.92. The van der Waals surface area contributed by atoms with Crippen LogP contribution < -0.4 is 0 Å². The number of ether oxygens (including phenoxy) is 2. The average Bonchev–Trinajstić information content (AvgIpc) is 2.92. The van der Waals surface area contributed by atoms with Gasteiger partial charge >= 0.3 is 6.09 Å². The van der Waals surface area contributed by atoms with Gasteiger partial charge in [0, 0.05) is 12.4 Å². The highest BCUT2D eigenvalue weighted by atomic mass is 16.6. The molecule has 6 nitrogen and oxygen atoms in total. The van der Waals surface area contributed by atoms with Crippen LogP contribution >= 0.6 is 0 Å². The number of amides is 1. The molecular formula is C20H25N3O3. The summed E-state index contributed by atoms with van der Waals surface area (Å²) in [5.74, 6) is 0. The molecule has 0 spiro atoms. The smallest absolute Gasteiger partial charge is 0.411 e. The van der Waals surface area contributed by atoms with Crippen molar-refractivity contribution in [2.24, 2.45) is 7.05 Å². The van der Waals surface area contributed by atoms with E-state index in [0.29, 0.717) is 13.2 Å². The van der Waals surface area contributed by atoms with Crippen molar-refractivity contribution in [3.63, 3.8) is 0 Å². The van der Waals surface area contributed by atoms with E-state index in [0.717, 1.165) is 17.3 Å². The summed E-state index contributed by atoms with van der Waals surface area (Å²) in [6.07, 6.45) is 4.53. The first-order valence-electron chi connectivity index (χ1n) is 9.04. The van der Waals surface area contributed by atoms with E-state index in [1.54, 1.807) is 0 Å². The van der Waals surface area contributed by atoms with Crippen LogP contribution in [0.4, 0.5) is 4.79 Å². The summed E-state index contributed by atoms with van der Waals surface area (Å²) in [5.41, 5.74) is 3.05. The first-order chi connectivity index (χ1) is 12.3. The second-order valence-electron chi connectivity index (χ2n) is 8.08. The fourth-order valence-corrected chi connectivity index (χ4v) is 3.75. The van der Waals surface area contributed by atoms with Crippen molar-refractivity contribution in [3.8, 4) is 0 Å². The van der Waals surface area contributed by atoms with Crippen LogP contribution in [0.1, 0.15) is 32.8 Å². The first-order valence-corrected chi connectivity index (χ1v) is 9.04. The zero-order valence-corrected chi connectivity index (χ0v) is 15.7. The maximum atomic E-state index is 12.7. The molecule has 2 atom stereocenters. The molecule has 6 heteroatoms. The van der Waals surface area contributed by atoms with E-state index < -0.39 is 5.60 Å². The largest absolute Gasteiger partial charge is 0.444 e. The molecule has 0 radical (unpaired) electrons. The zero-order chi connectivity index (χ0) is 18.5. The Morgan fingerprint density at radius 1 is 1.31 bits per heavy atom. The Balaban J connectivity index is 1.65. The van der Waals surface area contributed by atoms with Crippen molar-refractivity contribution >= 4 is 22.6 Å². The number of aryl methyl sites for hydroxylation is 1. The average molecular weight is 355 g/mol. The molecule has 2 bridgehead atoms. The Labute approximate surface area is 153 Å². The van der Waals surface area contributed by atoms with E-state index in [1.165, 1.54) is 11.1 Å². The van der Waals surface area contributed by atoms with Gasteiger partial charge in [-0.25, -0.2) is 4.79 Å². The summed E-state index contributed by atoms with van der Waals surface area (Å²) in [6.45, 7) is 6.73. The molecule has 1 amide bonds. The van der Waals surface area contributed by atoms with Gasteiger partial charge in [0.25, 0.3) is 0 Å². The van der Waals surface area contributed by atoms with Crippen LogP contribution in [0.2, 0.25) is 0 Å². The minimum atomic E-state index is -0.499. The highest BCUT2D eigenvalue weighted by Gasteiger charge is 2.40. The predicted molar refractivity (Wildman–Crippen MR) is 99.8 cm³/mol. The maximum absolute atomic E-state index is 12.7. The van der Waals surface area contributed by atoms with E-state index in [4.69, 9.17) is 9.47 Å².